The smallest absolute Gasteiger partial charge is 0.230 e. The molecule has 0 aliphatic carbocycles. The molecule has 2 aromatic heterocycles. The summed E-state index contributed by atoms with van der Waals surface area (Å²) in [5.41, 5.74) is 0.935. The van der Waals surface area contributed by atoms with Crippen molar-refractivity contribution in [3.63, 3.8) is 0 Å². The second-order valence-electron chi connectivity index (χ2n) is 5.20. The minimum atomic E-state index is -0.0801. The largest absolute Gasteiger partial charge is 0.496 e. The van der Waals surface area contributed by atoms with Gasteiger partial charge in [-0.15, -0.1) is 10.2 Å². The van der Waals surface area contributed by atoms with Crippen LogP contribution in [0.3, 0.4) is 0 Å². The molecule has 0 aliphatic heterocycles. The average Bonchev–Trinajstić information content (AvgIpc) is 3.31. The molecule has 0 fully saturated rings. The summed E-state index contributed by atoms with van der Waals surface area (Å²) in [6.45, 7) is 0.952. The number of furan rings is 1. The number of amides is 1. The van der Waals surface area contributed by atoms with Gasteiger partial charge in [0, 0.05) is 12.1 Å². The minimum Gasteiger partial charge on any atom is -0.496 e. The number of nitrogens with one attached hydrogen (secondary N) is 1. The first-order valence-corrected chi connectivity index (χ1v) is 8.66. The van der Waals surface area contributed by atoms with Crippen molar-refractivity contribution in [3.8, 4) is 5.75 Å². The number of benzene rings is 1. The van der Waals surface area contributed by atoms with Gasteiger partial charge in [-0.25, -0.2) is 0 Å². The van der Waals surface area contributed by atoms with Crippen LogP contribution in [0.25, 0.3) is 0 Å². The number of hydrogen-bond donors (Lipinski definition) is 1. The van der Waals surface area contributed by atoms with E-state index in [1.54, 1.807) is 19.7 Å². The van der Waals surface area contributed by atoms with E-state index in [-0.39, 0.29) is 11.7 Å². The molecule has 0 bridgehead atoms. The van der Waals surface area contributed by atoms with Crippen molar-refractivity contribution < 1.29 is 13.9 Å². The number of hydrogen-bond acceptors (Lipinski definition) is 6. The Hall–Kier alpha value is -2.74. The predicted octanol–water partition coefficient (Wildman–Crippen LogP) is 2.34. The minimum absolute atomic E-state index is 0.0801. The number of para-hydroxylation sites is 1. The molecule has 0 spiro atoms. The number of nitrogens with zero attached hydrogens (tertiary/aromatic N) is 3. The van der Waals surface area contributed by atoms with E-state index >= 15 is 0 Å². The molecule has 3 aromatic rings. The van der Waals surface area contributed by atoms with Gasteiger partial charge in [0.05, 0.1) is 25.7 Å². The Balaban J connectivity index is 1.50. The molecule has 0 unspecified atom stereocenters. The van der Waals surface area contributed by atoms with Gasteiger partial charge in [-0.1, -0.05) is 30.0 Å². The maximum absolute atomic E-state index is 12.1. The quantitative estimate of drug-likeness (QED) is 0.623. The molecular formula is C17H18N4O3S. The highest BCUT2D eigenvalue weighted by Gasteiger charge is 2.11. The Bertz CT molecular complexity index is 817. The fourth-order valence-corrected chi connectivity index (χ4v) is 3.00. The number of thioether (sulfide) groups is 1. The van der Waals surface area contributed by atoms with Crippen LogP contribution in [0.5, 0.6) is 5.75 Å². The van der Waals surface area contributed by atoms with E-state index in [9.17, 15) is 4.79 Å². The molecule has 0 radical (unpaired) electrons. The van der Waals surface area contributed by atoms with E-state index in [1.165, 1.54) is 11.8 Å². The lowest BCUT2D eigenvalue weighted by Gasteiger charge is -2.09. The van der Waals surface area contributed by atoms with Gasteiger partial charge in [-0.2, -0.15) is 0 Å². The van der Waals surface area contributed by atoms with Crippen molar-refractivity contribution in [2.24, 2.45) is 0 Å². The topological polar surface area (TPSA) is 82.2 Å². The lowest BCUT2D eigenvalue weighted by Crippen LogP contribution is -2.25. The van der Waals surface area contributed by atoms with E-state index in [1.807, 2.05) is 41.0 Å². The van der Waals surface area contributed by atoms with Crippen LogP contribution >= 0.6 is 11.8 Å². The van der Waals surface area contributed by atoms with Crippen LogP contribution in [0.1, 0.15) is 11.3 Å². The molecule has 3 rings (SSSR count). The first kappa shape index (κ1) is 17.1. The molecule has 7 nitrogen and oxygen atoms in total. The number of methoxy groups -OCH3 is 1. The van der Waals surface area contributed by atoms with Gasteiger partial charge >= 0.3 is 0 Å². The molecule has 1 aromatic carbocycles. The van der Waals surface area contributed by atoms with Gasteiger partial charge in [-0.05, 0) is 18.2 Å². The lowest BCUT2D eigenvalue weighted by molar-refractivity contribution is -0.118. The summed E-state index contributed by atoms with van der Waals surface area (Å²) < 4.78 is 12.4. The second-order valence-corrected chi connectivity index (χ2v) is 6.14. The molecule has 130 valence electrons. The number of ether oxygens (including phenoxy) is 1. The van der Waals surface area contributed by atoms with Crippen LogP contribution in [0.4, 0.5) is 0 Å². The standard InChI is InChI=1S/C17H18N4O3S/c1-23-15-7-3-2-5-13(15)9-18-16(22)11-25-17-20-19-12-21(17)10-14-6-4-8-24-14/h2-8,12H,9-11H2,1H3,(H,18,22). The first-order chi connectivity index (χ1) is 12.3. The van der Waals surface area contributed by atoms with Gasteiger partial charge in [0.15, 0.2) is 5.16 Å². The van der Waals surface area contributed by atoms with Crippen LogP contribution in [0, 0.1) is 0 Å². The normalized spacial score (nSPS) is 10.6. The summed E-state index contributed by atoms with van der Waals surface area (Å²) in [4.78, 5) is 12.1. The Labute approximate surface area is 149 Å². The van der Waals surface area contributed by atoms with Crippen LogP contribution in [-0.2, 0) is 17.9 Å². The zero-order valence-electron chi connectivity index (χ0n) is 13.7. The highest BCUT2D eigenvalue weighted by atomic mass is 32.2. The Morgan fingerprint density at radius 1 is 1.32 bits per heavy atom. The maximum atomic E-state index is 12.1. The van der Waals surface area contributed by atoms with Crippen LogP contribution in [0.15, 0.2) is 58.6 Å². The predicted molar refractivity (Wildman–Crippen MR) is 93.4 cm³/mol. The summed E-state index contributed by atoms with van der Waals surface area (Å²) in [7, 11) is 1.61. The zero-order chi connectivity index (χ0) is 17.5. The third-order valence-electron chi connectivity index (χ3n) is 3.49. The van der Waals surface area contributed by atoms with Gasteiger partial charge in [0.25, 0.3) is 0 Å². The number of rotatable bonds is 8. The van der Waals surface area contributed by atoms with Crippen LogP contribution < -0.4 is 10.1 Å². The van der Waals surface area contributed by atoms with Gasteiger partial charge < -0.3 is 19.0 Å². The zero-order valence-corrected chi connectivity index (χ0v) is 14.5. The lowest BCUT2D eigenvalue weighted by atomic mass is 10.2. The van der Waals surface area contributed by atoms with E-state index in [0.717, 1.165) is 17.1 Å². The molecule has 1 N–H and O–H groups in total. The van der Waals surface area contributed by atoms with Crippen molar-refractivity contribution in [2.75, 3.05) is 12.9 Å². The van der Waals surface area contributed by atoms with Crippen molar-refractivity contribution in [2.45, 2.75) is 18.2 Å². The fraction of sp³-hybridized carbons (Fsp3) is 0.235. The second kappa shape index (κ2) is 8.39. The molecule has 8 heteroatoms. The number of carbonyl (C=O) groups is 1. The van der Waals surface area contributed by atoms with Crippen molar-refractivity contribution in [3.05, 3.63) is 60.3 Å². The molecule has 25 heavy (non-hydrogen) atoms. The highest BCUT2D eigenvalue weighted by Crippen LogP contribution is 2.18. The Morgan fingerprint density at radius 3 is 3.00 bits per heavy atom. The number of aromatic nitrogens is 3. The highest BCUT2D eigenvalue weighted by molar-refractivity contribution is 7.99. The monoisotopic (exact) mass is 358 g/mol. The van der Waals surface area contributed by atoms with E-state index in [4.69, 9.17) is 9.15 Å². The molecule has 2 heterocycles. The molecule has 0 saturated heterocycles. The fourth-order valence-electron chi connectivity index (χ4n) is 2.26. The van der Waals surface area contributed by atoms with Crippen LogP contribution in [0.2, 0.25) is 0 Å². The van der Waals surface area contributed by atoms with E-state index < -0.39 is 0 Å². The maximum Gasteiger partial charge on any atom is 0.230 e. The third kappa shape index (κ3) is 4.63. The number of carbonyl (C=O) groups excluding carboxylic acids is 1. The van der Waals surface area contributed by atoms with Crippen molar-refractivity contribution >= 4 is 17.7 Å². The van der Waals surface area contributed by atoms with E-state index in [0.29, 0.717) is 18.2 Å². The SMILES string of the molecule is COc1ccccc1CNC(=O)CSc1nncn1Cc1ccco1. The van der Waals surface area contributed by atoms with E-state index in [2.05, 4.69) is 15.5 Å². The summed E-state index contributed by atoms with van der Waals surface area (Å²) in [6.07, 6.45) is 3.25. The Morgan fingerprint density at radius 2 is 2.20 bits per heavy atom. The summed E-state index contributed by atoms with van der Waals surface area (Å²) in [5.74, 6) is 1.74. The summed E-state index contributed by atoms with van der Waals surface area (Å²) >= 11 is 1.33. The third-order valence-corrected chi connectivity index (χ3v) is 4.47. The summed E-state index contributed by atoms with van der Waals surface area (Å²) in [6, 6.07) is 11.3. The molecular weight excluding hydrogens is 340 g/mol. The average molecular weight is 358 g/mol. The summed E-state index contributed by atoms with van der Waals surface area (Å²) in [5, 5.41) is 11.5. The van der Waals surface area contributed by atoms with Gasteiger partial charge in [0.1, 0.15) is 17.8 Å². The molecule has 0 saturated carbocycles. The van der Waals surface area contributed by atoms with Gasteiger partial charge in [-0.3, -0.25) is 4.79 Å². The molecule has 0 atom stereocenters. The molecule has 0 aliphatic rings. The molecule has 1 amide bonds. The van der Waals surface area contributed by atoms with Crippen molar-refractivity contribution in [1.82, 2.24) is 20.1 Å². The van der Waals surface area contributed by atoms with Gasteiger partial charge in [0.2, 0.25) is 5.91 Å². The Kier molecular flexibility index (Phi) is 5.73. The first-order valence-electron chi connectivity index (χ1n) is 7.68. The van der Waals surface area contributed by atoms with Crippen molar-refractivity contribution in [1.29, 1.82) is 0 Å². The van der Waals surface area contributed by atoms with Crippen LogP contribution in [-0.4, -0.2) is 33.5 Å².